The molecule has 0 bridgehead atoms. The third-order valence-electron chi connectivity index (χ3n) is 27.7. The normalized spacial score (nSPS) is 17.0. The summed E-state index contributed by atoms with van der Waals surface area (Å²) < 4.78 is 50.8. The molecular formula is C96H160B2N4O4Se2. The molecule has 3 aromatic carbocycles. The molecule has 8 nitrogen and oxygen atoms in total. The van der Waals surface area contributed by atoms with E-state index in [0.29, 0.717) is 0 Å². The van der Waals surface area contributed by atoms with Crippen molar-refractivity contribution in [3.05, 3.63) is 46.5 Å². The molecule has 0 spiro atoms. The molecule has 2 fully saturated rings. The average Bonchev–Trinajstić information content (AvgIpc) is 1.51. The van der Waals surface area contributed by atoms with E-state index in [0.717, 1.165) is 58.7 Å². The molecule has 2 aliphatic carbocycles. The molecule has 0 saturated carbocycles. The van der Waals surface area contributed by atoms with Gasteiger partial charge >= 0.3 is 449 Å². The van der Waals surface area contributed by atoms with Gasteiger partial charge in [0, 0.05) is 0 Å². The number of hydrogen-bond donors (Lipinski definition) is 0. The van der Waals surface area contributed by atoms with Gasteiger partial charge in [0.1, 0.15) is 0 Å². The quantitative estimate of drug-likeness (QED) is 0.0281. The monoisotopic (exact) mass is 1620 g/mol. The number of unbranched alkanes of at least 4 members (excludes halogenated alkanes) is 52. The topological polar surface area (TPSA) is 88.5 Å². The minimum absolute atomic E-state index is 0.224. The zero-order valence-electron chi connectivity index (χ0n) is 72.1. The van der Waals surface area contributed by atoms with Crippen molar-refractivity contribution in [2.75, 3.05) is 0 Å². The second-order valence-corrected chi connectivity index (χ2v) is 39.6. The number of benzene rings is 3. The zero-order valence-corrected chi connectivity index (χ0v) is 75.6. The fourth-order valence-electron chi connectivity index (χ4n) is 19.4. The molecule has 0 N–H and O–H groups in total. The van der Waals surface area contributed by atoms with Crippen LogP contribution in [0.25, 0.3) is 44.3 Å². The van der Waals surface area contributed by atoms with Gasteiger partial charge in [-0.05, 0) is 0 Å². The Labute approximate surface area is 677 Å². The second-order valence-electron chi connectivity index (χ2n) is 37.4. The summed E-state index contributed by atoms with van der Waals surface area (Å²) in [6.45, 7) is 27.1. The number of rotatable bonds is 62. The Balaban J connectivity index is 1.09. The van der Waals surface area contributed by atoms with Gasteiger partial charge in [0.15, 0.2) is 0 Å². The van der Waals surface area contributed by atoms with Gasteiger partial charge in [0.2, 0.25) is 0 Å². The van der Waals surface area contributed by atoms with Crippen LogP contribution in [0.3, 0.4) is 0 Å². The SMILES string of the molecule is CCCCCCCCCCCCCCCCC1(CCCCCCCCCCCCCCCC)c2cc3c(cc2-c2c1cc(B1OC(C)(C)C(C)(C)O1)c1n[se]nc21)C(CCCCCCCCCCCCCCCC)(CCCCCCCCCCCCCCCC)c1cc(B2OC(C)(C)C(C)(C)O2)c2n[se]nc2c1-3. The van der Waals surface area contributed by atoms with E-state index >= 15 is 0 Å². The van der Waals surface area contributed by atoms with E-state index in [9.17, 15) is 0 Å². The number of fused-ring (bicyclic) bond motifs is 10. The molecule has 2 aromatic heterocycles. The Bertz CT molecular complexity index is 3040. The number of hydrogen-bond acceptors (Lipinski definition) is 8. The van der Waals surface area contributed by atoms with Crippen molar-refractivity contribution in [2.24, 2.45) is 0 Å². The summed E-state index contributed by atoms with van der Waals surface area (Å²) in [5, 5.41) is 0. The first kappa shape index (κ1) is 89.8. The summed E-state index contributed by atoms with van der Waals surface area (Å²) in [6, 6.07) is 10.9. The number of aromatic nitrogens is 4. The second kappa shape index (κ2) is 46.6. The molecule has 9 rings (SSSR count). The van der Waals surface area contributed by atoms with Gasteiger partial charge in [0.05, 0.1) is 0 Å². The molecule has 4 aliphatic rings. The van der Waals surface area contributed by atoms with Crippen molar-refractivity contribution in [2.45, 2.75) is 502 Å². The van der Waals surface area contributed by atoms with Crippen LogP contribution in [0.1, 0.15) is 491 Å². The molecular weight excluding hydrogens is 1450 g/mol. The Morgan fingerprint density at radius 2 is 0.426 bits per heavy atom. The van der Waals surface area contributed by atoms with Crippen LogP contribution >= 0.6 is 0 Å². The first-order valence-corrected chi connectivity index (χ1v) is 50.1. The van der Waals surface area contributed by atoms with Crippen LogP contribution in [0.2, 0.25) is 0 Å². The third kappa shape index (κ3) is 24.5. The first-order valence-electron chi connectivity index (χ1n) is 47.0. The molecule has 606 valence electrons. The fourth-order valence-corrected chi connectivity index (χ4v) is 21.8. The molecule has 0 radical (unpaired) electrons. The van der Waals surface area contributed by atoms with E-state index < -0.39 is 36.6 Å². The molecule has 4 heterocycles. The van der Waals surface area contributed by atoms with Crippen molar-refractivity contribution < 1.29 is 18.6 Å². The summed E-state index contributed by atoms with van der Waals surface area (Å²) in [5.41, 5.74) is 15.8. The Morgan fingerprint density at radius 1 is 0.241 bits per heavy atom. The van der Waals surface area contributed by atoms with Crippen molar-refractivity contribution in [3.8, 4) is 22.3 Å². The van der Waals surface area contributed by atoms with Gasteiger partial charge in [-0.15, -0.1) is 0 Å². The predicted molar refractivity (Wildman–Crippen MR) is 470 cm³/mol. The summed E-state index contributed by atoms with van der Waals surface area (Å²) in [5.74, 6) is 0. The van der Waals surface area contributed by atoms with Crippen LogP contribution in [-0.4, -0.2) is 82.5 Å². The van der Waals surface area contributed by atoms with Crippen LogP contribution in [0.4, 0.5) is 0 Å². The van der Waals surface area contributed by atoms with Gasteiger partial charge in [-0.2, -0.15) is 0 Å². The van der Waals surface area contributed by atoms with E-state index in [2.05, 4.69) is 107 Å². The van der Waals surface area contributed by atoms with Crippen molar-refractivity contribution in [1.82, 2.24) is 15.9 Å². The van der Waals surface area contributed by atoms with Gasteiger partial charge in [0.25, 0.3) is 0 Å². The summed E-state index contributed by atoms with van der Waals surface area (Å²) in [4.78, 5) is 0. The maximum absolute atomic E-state index is 7.15. The minimum atomic E-state index is -0.516. The first-order chi connectivity index (χ1) is 52.5. The van der Waals surface area contributed by atoms with E-state index in [4.69, 9.17) is 34.5 Å². The Morgan fingerprint density at radius 3 is 0.630 bits per heavy atom. The molecule has 108 heavy (non-hydrogen) atoms. The van der Waals surface area contributed by atoms with Gasteiger partial charge in [-0.3, -0.25) is 0 Å². The standard InChI is InChI=1S/C96H160B2N4O4Se2/c1-13-17-21-25-29-33-37-41-45-49-53-57-61-65-69-95(70-66-62-58-54-50-46-42-38-34-30-26-22-18-14-2)79-73-78-80(74-77(79)85-81(95)75-83(87-89(85)101-107-99-87)97-103-91(5,6)92(7,8)104-97)96(71-67-63-59-55-51-47-43-39-35-31-27-23-19-15-3,72-68-64-60-56-52-48-44-40-36-32-28-24-20-16-4)82-76-84(88-90(86(78)82)102-108-100-88)98-105-93(9,10)94(11,12)106-98/h73-76H,13-72H2,1-12H3. The Hall–Kier alpha value is -2.13. The fraction of sp³-hybridized carbons (Fsp3) is 0.812. The number of nitrogens with zero attached hydrogens (tertiary/aromatic N) is 4. The van der Waals surface area contributed by atoms with Crippen LogP contribution in [0.5, 0.6) is 0 Å². The van der Waals surface area contributed by atoms with E-state index in [1.54, 1.807) is 11.1 Å². The summed E-state index contributed by atoms with van der Waals surface area (Å²) >= 11 is -0.527. The molecule has 5 aromatic rings. The van der Waals surface area contributed by atoms with Crippen molar-refractivity contribution in [1.29, 1.82) is 0 Å². The predicted octanol–water partition coefficient (Wildman–Crippen LogP) is 28.3. The summed E-state index contributed by atoms with van der Waals surface area (Å²) in [7, 11) is -1.03. The van der Waals surface area contributed by atoms with Crippen molar-refractivity contribution >= 4 is 77.2 Å². The van der Waals surface area contributed by atoms with E-state index in [-0.39, 0.29) is 40.8 Å². The van der Waals surface area contributed by atoms with Gasteiger partial charge in [-0.25, -0.2) is 0 Å². The average molecular weight is 1610 g/mol. The van der Waals surface area contributed by atoms with Crippen molar-refractivity contribution in [3.63, 3.8) is 0 Å². The third-order valence-corrected chi connectivity index (χ3v) is 30.0. The zero-order chi connectivity index (χ0) is 76.6. The van der Waals surface area contributed by atoms with Crippen LogP contribution in [0, 0.1) is 0 Å². The van der Waals surface area contributed by atoms with Crippen LogP contribution in [0.15, 0.2) is 24.3 Å². The maximum atomic E-state index is 7.15. The summed E-state index contributed by atoms with van der Waals surface area (Å²) in [6.07, 6.45) is 81.0. The molecule has 0 unspecified atom stereocenters. The van der Waals surface area contributed by atoms with E-state index in [1.807, 2.05) is 0 Å². The molecule has 0 atom stereocenters. The molecule has 2 saturated heterocycles. The Kier molecular flexibility index (Phi) is 38.7. The van der Waals surface area contributed by atoms with Gasteiger partial charge < -0.3 is 0 Å². The van der Waals surface area contributed by atoms with Crippen LogP contribution in [-0.2, 0) is 29.4 Å². The molecule has 12 heteroatoms. The van der Waals surface area contributed by atoms with Gasteiger partial charge in [-0.1, -0.05) is 233 Å². The molecule has 2 aliphatic heterocycles. The van der Waals surface area contributed by atoms with E-state index in [1.165, 1.54) is 393 Å². The van der Waals surface area contributed by atoms with Crippen LogP contribution < -0.4 is 10.9 Å². The molecule has 0 amide bonds.